The van der Waals surface area contributed by atoms with Crippen LogP contribution in [0, 0.1) is 44.4 Å². The minimum atomic E-state index is -1.60. The van der Waals surface area contributed by atoms with Gasteiger partial charge in [-0.3, -0.25) is 4.79 Å². The molecule has 1 N–H and O–H groups in total. The molecule has 0 aliphatic carbocycles. The Hall–Kier alpha value is -2.42. The second kappa shape index (κ2) is 10.1. The maximum Gasteiger partial charge on any atom is 0.324 e. The van der Waals surface area contributed by atoms with Crippen LogP contribution in [-0.2, 0) is 4.79 Å². The van der Waals surface area contributed by atoms with Crippen molar-refractivity contribution < 1.29 is 19.4 Å². The molecular formula is C23H25Cl2NO4. The van der Waals surface area contributed by atoms with Gasteiger partial charge in [-0.1, -0.05) is 23.2 Å². The van der Waals surface area contributed by atoms with Gasteiger partial charge in [0.25, 0.3) is 0 Å². The maximum absolute atomic E-state index is 11.9. The van der Waals surface area contributed by atoms with Crippen molar-refractivity contribution in [3.8, 4) is 17.6 Å². The Morgan fingerprint density at radius 1 is 0.900 bits per heavy atom. The molecule has 0 unspecified atom stereocenters. The summed E-state index contributed by atoms with van der Waals surface area (Å²) in [6.07, 6.45) is 0.0587. The molecule has 0 aliphatic rings. The normalized spacial score (nSPS) is 11.1. The van der Waals surface area contributed by atoms with E-state index in [0.29, 0.717) is 21.5 Å². The van der Waals surface area contributed by atoms with E-state index < -0.39 is 11.4 Å². The van der Waals surface area contributed by atoms with Crippen LogP contribution in [0.3, 0.4) is 0 Å². The molecular weight excluding hydrogens is 425 g/mol. The van der Waals surface area contributed by atoms with Crippen LogP contribution in [-0.4, -0.2) is 24.3 Å². The number of hydrogen-bond donors (Lipinski definition) is 1. The molecule has 0 aromatic heterocycles. The van der Waals surface area contributed by atoms with E-state index in [4.69, 9.17) is 32.7 Å². The van der Waals surface area contributed by atoms with Crippen LogP contribution in [0.4, 0.5) is 0 Å². The summed E-state index contributed by atoms with van der Waals surface area (Å²) in [5.41, 5.74) is 1.89. The summed E-state index contributed by atoms with van der Waals surface area (Å²) in [6, 6.07) is 9.11. The van der Waals surface area contributed by atoms with E-state index in [2.05, 4.69) is 0 Å². The van der Waals surface area contributed by atoms with Gasteiger partial charge < -0.3 is 14.6 Å². The first-order valence-corrected chi connectivity index (χ1v) is 10.3. The molecule has 0 saturated heterocycles. The summed E-state index contributed by atoms with van der Waals surface area (Å²) < 4.78 is 11.4. The van der Waals surface area contributed by atoms with Gasteiger partial charge in [-0.2, -0.15) is 5.26 Å². The Labute approximate surface area is 187 Å². The molecule has 2 aromatic rings. The third-order valence-electron chi connectivity index (χ3n) is 5.04. The van der Waals surface area contributed by atoms with Crippen LogP contribution < -0.4 is 9.47 Å². The highest BCUT2D eigenvalue weighted by Gasteiger charge is 2.39. The third kappa shape index (κ3) is 5.59. The van der Waals surface area contributed by atoms with Crippen LogP contribution in [0.2, 0.25) is 10.0 Å². The number of carbonyl (C=O) groups is 1. The highest BCUT2D eigenvalue weighted by molar-refractivity contribution is 6.32. The van der Waals surface area contributed by atoms with E-state index in [1.54, 1.807) is 24.3 Å². The largest absolute Gasteiger partial charge is 0.494 e. The van der Waals surface area contributed by atoms with Crippen molar-refractivity contribution in [1.82, 2.24) is 0 Å². The molecule has 2 aromatic carbocycles. The van der Waals surface area contributed by atoms with Crippen molar-refractivity contribution >= 4 is 29.2 Å². The molecule has 0 amide bonds. The fourth-order valence-corrected chi connectivity index (χ4v) is 3.38. The zero-order chi connectivity index (χ0) is 22.5. The molecule has 30 heavy (non-hydrogen) atoms. The van der Waals surface area contributed by atoms with E-state index in [-0.39, 0.29) is 26.1 Å². The zero-order valence-electron chi connectivity index (χ0n) is 17.5. The van der Waals surface area contributed by atoms with E-state index in [1.807, 2.05) is 33.8 Å². The van der Waals surface area contributed by atoms with Gasteiger partial charge in [-0.15, -0.1) is 0 Å². The Balaban J connectivity index is 2.02. The Kier molecular flexibility index (Phi) is 8.00. The minimum Gasteiger partial charge on any atom is -0.494 e. The molecule has 0 bridgehead atoms. The second-order valence-electron chi connectivity index (χ2n) is 7.44. The molecule has 0 saturated carbocycles. The number of aliphatic carboxylic acids is 1. The van der Waals surface area contributed by atoms with E-state index in [1.165, 1.54) is 0 Å². The highest BCUT2D eigenvalue weighted by atomic mass is 35.5. The summed E-state index contributed by atoms with van der Waals surface area (Å²) in [4.78, 5) is 11.9. The summed E-state index contributed by atoms with van der Waals surface area (Å²) in [7, 11) is 0. The Bertz CT molecular complexity index is 872. The highest BCUT2D eigenvalue weighted by Crippen LogP contribution is 2.30. The summed E-state index contributed by atoms with van der Waals surface area (Å²) >= 11 is 12.3. The lowest BCUT2D eigenvalue weighted by Gasteiger charge is -2.22. The molecule has 0 radical (unpaired) electrons. The Morgan fingerprint density at radius 2 is 1.23 bits per heavy atom. The molecule has 0 aliphatic heterocycles. The second-order valence-corrected chi connectivity index (χ2v) is 8.19. The minimum absolute atomic E-state index is 0.0294. The van der Waals surface area contributed by atoms with Gasteiger partial charge in [0.15, 0.2) is 5.41 Å². The smallest absolute Gasteiger partial charge is 0.324 e. The van der Waals surface area contributed by atoms with Crippen molar-refractivity contribution in [3.63, 3.8) is 0 Å². The predicted molar refractivity (Wildman–Crippen MR) is 118 cm³/mol. The fourth-order valence-electron chi connectivity index (χ4n) is 3.16. The van der Waals surface area contributed by atoms with Crippen molar-refractivity contribution in [1.29, 1.82) is 5.26 Å². The number of carboxylic acids is 1. The summed E-state index contributed by atoms with van der Waals surface area (Å²) in [5.74, 6) is -0.00544. The van der Waals surface area contributed by atoms with Crippen LogP contribution in [0.1, 0.15) is 35.1 Å². The Morgan fingerprint density at radius 3 is 1.50 bits per heavy atom. The van der Waals surface area contributed by atoms with Crippen molar-refractivity contribution in [2.45, 2.75) is 40.5 Å². The monoisotopic (exact) mass is 449 g/mol. The number of aryl methyl sites for hydroxylation is 4. The lowest BCUT2D eigenvalue weighted by atomic mass is 9.83. The topological polar surface area (TPSA) is 79.5 Å². The van der Waals surface area contributed by atoms with Crippen LogP contribution in [0.5, 0.6) is 11.5 Å². The van der Waals surface area contributed by atoms with Gasteiger partial charge in [-0.05, 0) is 74.2 Å². The summed E-state index contributed by atoms with van der Waals surface area (Å²) in [6.45, 7) is 7.65. The quantitative estimate of drug-likeness (QED) is 0.502. The number of carboxylic acid groups (broad SMARTS) is 1. The maximum atomic E-state index is 11.9. The molecule has 7 heteroatoms. The van der Waals surface area contributed by atoms with Gasteiger partial charge >= 0.3 is 5.97 Å². The average molecular weight is 450 g/mol. The number of nitrogens with zero attached hydrogens (tertiary/aromatic N) is 1. The molecule has 0 fully saturated rings. The first kappa shape index (κ1) is 23.9. The summed E-state index contributed by atoms with van der Waals surface area (Å²) in [5, 5.41) is 20.7. The standard InChI is InChI=1S/C23H25Cl2NO4/c1-14-9-18(10-15(2)20(14)24)29-7-5-23(13-26,22(27)28)6-8-30-19-11-16(3)21(25)17(4)12-19/h9-12H,5-8H2,1-4H3,(H,27,28). The first-order valence-electron chi connectivity index (χ1n) is 9.53. The molecule has 160 valence electrons. The SMILES string of the molecule is Cc1cc(OCCC(C#N)(CCOc2cc(C)c(Cl)c(C)c2)C(=O)O)cc(C)c1Cl. The average Bonchev–Trinajstić information content (AvgIpc) is 2.68. The molecule has 0 spiro atoms. The number of hydrogen-bond acceptors (Lipinski definition) is 4. The number of ether oxygens (including phenoxy) is 2. The van der Waals surface area contributed by atoms with Crippen molar-refractivity contribution in [3.05, 3.63) is 56.6 Å². The van der Waals surface area contributed by atoms with Crippen molar-refractivity contribution in [2.75, 3.05) is 13.2 Å². The molecule has 5 nitrogen and oxygen atoms in total. The zero-order valence-corrected chi connectivity index (χ0v) is 19.0. The van der Waals surface area contributed by atoms with E-state index in [9.17, 15) is 15.2 Å². The first-order chi connectivity index (χ1) is 14.1. The number of nitriles is 1. The third-order valence-corrected chi connectivity index (χ3v) is 6.23. The van der Waals surface area contributed by atoms with E-state index >= 15 is 0 Å². The van der Waals surface area contributed by atoms with E-state index in [0.717, 1.165) is 22.3 Å². The lowest BCUT2D eigenvalue weighted by Crippen LogP contribution is -2.33. The number of benzene rings is 2. The van der Waals surface area contributed by atoms with Gasteiger partial charge in [0.1, 0.15) is 11.5 Å². The van der Waals surface area contributed by atoms with Crippen LogP contribution in [0.25, 0.3) is 0 Å². The van der Waals surface area contributed by atoms with Crippen molar-refractivity contribution in [2.24, 2.45) is 5.41 Å². The number of halogens is 2. The van der Waals surface area contributed by atoms with Gasteiger partial charge in [0, 0.05) is 22.9 Å². The van der Waals surface area contributed by atoms with Gasteiger partial charge in [-0.25, -0.2) is 0 Å². The molecule has 0 heterocycles. The fraction of sp³-hybridized carbons (Fsp3) is 0.391. The number of rotatable bonds is 9. The van der Waals surface area contributed by atoms with Gasteiger partial charge in [0.2, 0.25) is 0 Å². The van der Waals surface area contributed by atoms with Crippen LogP contribution in [0.15, 0.2) is 24.3 Å². The lowest BCUT2D eigenvalue weighted by molar-refractivity contribution is -0.147. The van der Waals surface area contributed by atoms with Gasteiger partial charge in [0.05, 0.1) is 19.3 Å². The molecule has 0 atom stereocenters. The predicted octanol–water partition coefficient (Wildman–Crippen LogP) is 6.06. The van der Waals surface area contributed by atoms with Crippen LogP contribution >= 0.6 is 23.2 Å². The molecule has 2 rings (SSSR count).